The molecule has 2 bridgehead atoms. The van der Waals surface area contributed by atoms with E-state index >= 15 is 0 Å². The molecule has 0 saturated heterocycles. The molecule has 2 heterocycles. The standard InChI is InChI=1S/C25H25F2N5O/c1-4-10-29-23(33)19-12-28-13-20(30-19)25-9-8-15(24(25,2)3)14-11-18(31-32-22(14)25)21-16(26)6-5-7-17(21)27/h5-7,11-13,15H,4,8-10H2,1-3H3,(H,29,33)/t15-,25-/m1/s1. The fraction of sp³-hybridized carbons (Fsp3) is 0.400. The Bertz CT molecular complexity index is 1240. The van der Waals surface area contributed by atoms with Gasteiger partial charge in [0, 0.05) is 12.7 Å². The molecule has 1 saturated carbocycles. The van der Waals surface area contributed by atoms with Gasteiger partial charge >= 0.3 is 0 Å². The maximum absolute atomic E-state index is 14.4. The molecule has 2 aromatic heterocycles. The van der Waals surface area contributed by atoms with Crippen LogP contribution in [0.4, 0.5) is 8.78 Å². The van der Waals surface area contributed by atoms with Crippen molar-refractivity contribution < 1.29 is 13.6 Å². The van der Waals surface area contributed by atoms with Crippen LogP contribution in [0.15, 0.2) is 36.7 Å². The Labute approximate surface area is 190 Å². The SMILES string of the molecule is CCCNC(=O)c1cncc([C@]23CC[C@H](c4cc(-c5c(F)cccc5F)nnc42)C3(C)C)n1. The van der Waals surface area contributed by atoms with Crippen LogP contribution in [0.3, 0.4) is 0 Å². The summed E-state index contributed by atoms with van der Waals surface area (Å²) in [6.07, 6.45) is 5.65. The molecule has 6 nitrogen and oxygen atoms in total. The summed E-state index contributed by atoms with van der Waals surface area (Å²) in [5.74, 6) is -1.48. The molecule has 33 heavy (non-hydrogen) atoms. The summed E-state index contributed by atoms with van der Waals surface area (Å²) in [6.45, 7) is 6.85. The molecule has 0 unspecified atom stereocenters. The topological polar surface area (TPSA) is 80.7 Å². The molecular weight excluding hydrogens is 424 g/mol. The van der Waals surface area contributed by atoms with Gasteiger partial charge in [0.2, 0.25) is 0 Å². The Kier molecular flexibility index (Phi) is 4.99. The molecular formula is C25H25F2N5O. The number of hydrogen-bond acceptors (Lipinski definition) is 5. The molecule has 0 spiro atoms. The molecule has 2 aliphatic rings. The van der Waals surface area contributed by atoms with Gasteiger partial charge in [-0.2, -0.15) is 5.10 Å². The molecule has 8 heteroatoms. The van der Waals surface area contributed by atoms with Crippen molar-refractivity contribution in [3.05, 3.63) is 70.9 Å². The second-order valence-electron chi connectivity index (χ2n) is 9.39. The Morgan fingerprint density at radius 2 is 1.94 bits per heavy atom. The van der Waals surface area contributed by atoms with Gasteiger partial charge in [0.25, 0.3) is 5.91 Å². The first-order chi connectivity index (χ1) is 15.8. The molecule has 1 amide bonds. The van der Waals surface area contributed by atoms with E-state index in [2.05, 4.69) is 34.3 Å². The minimum Gasteiger partial charge on any atom is -0.351 e. The summed E-state index contributed by atoms with van der Waals surface area (Å²) in [5, 5.41) is 11.6. The van der Waals surface area contributed by atoms with Crippen molar-refractivity contribution in [2.75, 3.05) is 6.54 Å². The molecule has 1 N–H and O–H groups in total. The zero-order valence-corrected chi connectivity index (χ0v) is 18.8. The number of carbonyl (C=O) groups is 1. The van der Waals surface area contributed by atoms with E-state index in [0.29, 0.717) is 12.2 Å². The first kappa shape index (κ1) is 21.6. The predicted molar refractivity (Wildman–Crippen MR) is 119 cm³/mol. The lowest BCUT2D eigenvalue weighted by molar-refractivity contribution is 0.0947. The molecule has 170 valence electrons. The van der Waals surface area contributed by atoms with E-state index in [9.17, 15) is 13.6 Å². The molecule has 0 radical (unpaired) electrons. The smallest absolute Gasteiger partial charge is 0.271 e. The average molecular weight is 450 g/mol. The second-order valence-corrected chi connectivity index (χ2v) is 9.39. The van der Waals surface area contributed by atoms with Gasteiger partial charge in [-0.3, -0.25) is 9.78 Å². The minimum atomic E-state index is -0.668. The van der Waals surface area contributed by atoms with E-state index in [4.69, 9.17) is 4.98 Å². The number of fused-ring (bicyclic) bond motifs is 5. The van der Waals surface area contributed by atoms with Crippen LogP contribution in [-0.4, -0.2) is 32.6 Å². The zero-order valence-electron chi connectivity index (χ0n) is 18.8. The zero-order chi connectivity index (χ0) is 23.4. The molecule has 2 atom stereocenters. The van der Waals surface area contributed by atoms with Crippen molar-refractivity contribution >= 4 is 5.91 Å². The van der Waals surface area contributed by atoms with Crippen molar-refractivity contribution in [3.8, 4) is 11.3 Å². The largest absolute Gasteiger partial charge is 0.351 e. The maximum atomic E-state index is 14.4. The maximum Gasteiger partial charge on any atom is 0.271 e. The van der Waals surface area contributed by atoms with Crippen molar-refractivity contribution in [1.29, 1.82) is 0 Å². The van der Waals surface area contributed by atoms with Gasteiger partial charge in [0.15, 0.2) is 0 Å². The third kappa shape index (κ3) is 2.99. The fourth-order valence-corrected chi connectivity index (χ4v) is 5.77. The Morgan fingerprint density at radius 3 is 2.67 bits per heavy atom. The van der Waals surface area contributed by atoms with Crippen LogP contribution >= 0.6 is 0 Å². The highest BCUT2D eigenvalue weighted by atomic mass is 19.1. The lowest BCUT2D eigenvalue weighted by atomic mass is 9.66. The van der Waals surface area contributed by atoms with Gasteiger partial charge in [-0.25, -0.2) is 13.8 Å². The Balaban J connectivity index is 1.63. The van der Waals surface area contributed by atoms with Gasteiger partial charge in [0.1, 0.15) is 17.3 Å². The summed E-state index contributed by atoms with van der Waals surface area (Å²) in [5.41, 5.74) is 1.77. The summed E-state index contributed by atoms with van der Waals surface area (Å²) in [4.78, 5) is 21.6. The number of nitrogens with one attached hydrogen (secondary N) is 1. The molecule has 3 aromatic rings. The quantitative estimate of drug-likeness (QED) is 0.618. The normalized spacial score (nSPS) is 22.3. The van der Waals surface area contributed by atoms with Gasteiger partial charge in [-0.1, -0.05) is 26.8 Å². The van der Waals surface area contributed by atoms with Crippen LogP contribution in [0, 0.1) is 17.0 Å². The highest BCUT2D eigenvalue weighted by molar-refractivity contribution is 5.92. The first-order valence-corrected chi connectivity index (χ1v) is 11.2. The lowest BCUT2D eigenvalue weighted by Gasteiger charge is -2.37. The van der Waals surface area contributed by atoms with Gasteiger partial charge in [0.05, 0.1) is 34.3 Å². The van der Waals surface area contributed by atoms with Crippen LogP contribution in [-0.2, 0) is 5.41 Å². The van der Waals surface area contributed by atoms with Crippen LogP contribution in [0.25, 0.3) is 11.3 Å². The van der Waals surface area contributed by atoms with Gasteiger partial charge < -0.3 is 5.32 Å². The first-order valence-electron chi connectivity index (χ1n) is 11.2. The summed E-state index contributed by atoms with van der Waals surface area (Å²) < 4.78 is 28.8. The van der Waals surface area contributed by atoms with Gasteiger partial charge in [-0.05, 0) is 54.4 Å². The van der Waals surface area contributed by atoms with Crippen molar-refractivity contribution in [3.63, 3.8) is 0 Å². The molecule has 0 aliphatic heterocycles. The fourth-order valence-electron chi connectivity index (χ4n) is 5.77. The number of rotatable bonds is 5. The number of nitrogens with zero attached hydrogens (tertiary/aromatic N) is 4. The third-order valence-corrected chi connectivity index (χ3v) is 7.44. The summed E-state index contributed by atoms with van der Waals surface area (Å²) in [7, 11) is 0. The van der Waals surface area contributed by atoms with Gasteiger partial charge in [-0.15, -0.1) is 5.10 Å². The van der Waals surface area contributed by atoms with E-state index in [1.807, 2.05) is 6.92 Å². The summed E-state index contributed by atoms with van der Waals surface area (Å²) in [6, 6.07) is 5.53. The number of benzene rings is 1. The summed E-state index contributed by atoms with van der Waals surface area (Å²) >= 11 is 0. The van der Waals surface area contributed by atoms with E-state index in [0.717, 1.165) is 30.5 Å². The number of amides is 1. The van der Waals surface area contributed by atoms with Crippen LogP contribution in [0.1, 0.15) is 73.4 Å². The number of aromatic nitrogens is 4. The predicted octanol–water partition coefficient (Wildman–Crippen LogP) is 4.55. The van der Waals surface area contributed by atoms with Crippen molar-refractivity contribution in [2.45, 2.75) is 51.4 Å². The highest BCUT2D eigenvalue weighted by Gasteiger charge is 2.65. The van der Waals surface area contributed by atoms with E-state index in [-0.39, 0.29) is 34.2 Å². The van der Waals surface area contributed by atoms with Crippen molar-refractivity contribution in [2.24, 2.45) is 5.41 Å². The molecule has 2 aliphatic carbocycles. The number of carbonyl (C=O) groups excluding carboxylic acids is 1. The monoisotopic (exact) mass is 449 g/mol. The Hall–Kier alpha value is -3.29. The number of hydrogen-bond donors (Lipinski definition) is 1. The van der Waals surface area contributed by atoms with E-state index in [1.165, 1.54) is 24.4 Å². The third-order valence-electron chi connectivity index (χ3n) is 7.44. The average Bonchev–Trinajstić information content (AvgIpc) is 3.18. The van der Waals surface area contributed by atoms with Crippen LogP contribution in [0.2, 0.25) is 0 Å². The van der Waals surface area contributed by atoms with Crippen molar-refractivity contribution in [1.82, 2.24) is 25.5 Å². The lowest BCUT2D eigenvalue weighted by Crippen LogP contribution is -2.38. The minimum absolute atomic E-state index is 0.121. The van der Waals surface area contributed by atoms with Crippen LogP contribution < -0.4 is 5.32 Å². The van der Waals surface area contributed by atoms with E-state index in [1.54, 1.807) is 12.3 Å². The molecule has 1 fully saturated rings. The van der Waals surface area contributed by atoms with E-state index < -0.39 is 17.0 Å². The molecule has 5 rings (SSSR count). The molecule has 1 aromatic carbocycles. The second kappa shape index (κ2) is 7.64. The Morgan fingerprint density at radius 1 is 1.18 bits per heavy atom. The van der Waals surface area contributed by atoms with Crippen LogP contribution in [0.5, 0.6) is 0 Å². The highest BCUT2D eigenvalue weighted by Crippen LogP contribution is 2.69. The number of halogens is 2.